The third-order valence-electron chi connectivity index (χ3n) is 3.35. The average molecular weight is 328 g/mol. The number of rotatable bonds is 7. The van der Waals surface area contributed by atoms with Crippen molar-refractivity contribution in [2.45, 2.75) is 12.5 Å². The fraction of sp³-hybridized carbons (Fsp3) is 0.222. The predicted molar refractivity (Wildman–Crippen MR) is 94.7 cm³/mol. The lowest BCUT2D eigenvalue weighted by Crippen LogP contribution is -2.48. The second-order valence-electron chi connectivity index (χ2n) is 5.10. The Morgan fingerprint density at radius 2 is 1.57 bits per heavy atom. The Hall–Kier alpha value is -2.27. The lowest BCUT2D eigenvalue weighted by Gasteiger charge is -2.18. The lowest BCUT2D eigenvalue weighted by molar-refractivity contribution is -0.122. The van der Waals surface area contributed by atoms with Crippen molar-refractivity contribution in [1.82, 2.24) is 10.6 Å². The number of carbonyl (C=O) groups is 2. The van der Waals surface area contributed by atoms with Crippen LogP contribution in [-0.2, 0) is 11.2 Å². The first kappa shape index (κ1) is 17.1. The van der Waals surface area contributed by atoms with Crippen LogP contribution in [0.15, 0.2) is 60.7 Å². The Morgan fingerprint density at radius 3 is 2.17 bits per heavy atom. The van der Waals surface area contributed by atoms with E-state index in [4.69, 9.17) is 0 Å². The topological polar surface area (TPSA) is 58.2 Å². The van der Waals surface area contributed by atoms with Gasteiger partial charge in [-0.15, -0.1) is 0 Å². The van der Waals surface area contributed by atoms with E-state index < -0.39 is 6.04 Å². The molecule has 0 aromatic heterocycles. The van der Waals surface area contributed by atoms with Crippen molar-refractivity contribution in [1.29, 1.82) is 0 Å². The number of nitrogens with one attached hydrogen (secondary N) is 2. The Morgan fingerprint density at radius 1 is 0.957 bits per heavy atom. The van der Waals surface area contributed by atoms with Gasteiger partial charge in [-0.25, -0.2) is 0 Å². The molecule has 0 fully saturated rings. The molecule has 0 saturated carbocycles. The molecule has 2 aromatic carbocycles. The maximum atomic E-state index is 12.3. The molecule has 0 heterocycles. The number of thiol groups is 1. The van der Waals surface area contributed by atoms with Crippen LogP contribution in [-0.4, -0.2) is 30.2 Å². The highest BCUT2D eigenvalue weighted by Crippen LogP contribution is 2.05. The molecule has 4 nitrogen and oxygen atoms in total. The van der Waals surface area contributed by atoms with Gasteiger partial charge in [0.1, 0.15) is 6.04 Å². The normalized spacial score (nSPS) is 11.5. The monoisotopic (exact) mass is 328 g/mol. The van der Waals surface area contributed by atoms with Crippen LogP contribution in [0.25, 0.3) is 0 Å². The molecule has 120 valence electrons. The van der Waals surface area contributed by atoms with Crippen molar-refractivity contribution in [2.75, 3.05) is 12.3 Å². The third-order valence-corrected chi connectivity index (χ3v) is 3.58. The van der Waals surface area contributed by atoms with Gasteiger partial charge in [-0.3, -0.25) is 9.59 Å². The molecule has 1 atom stereocenters. The van der Waals surface area contributed by atoms with Gasteiger partial charge in [-0.2, -0.15) is 12.6 Å². The van der Waals surface area contributed by atoms with E-state index in [1.807, 2.05) is 36.4 Å². The first-order valence-electron chi connectivity index (χ1n) is 7.49. The summed E-state index contributed by atoms with van der Waals surface area (Å²) in [6, 6.07) is 17.9. The summed E-state index contributed by atoms with van der Waals surface area (Å²) in [6.07, 6.45) is 0.442. The van der Waals surface area contributed by atoms with Crippen molar-refractivity contribution in [2.24, 2.45) is 0 Å². The second kappa shape index (κ2) is 9.00. The van der Waals surface area contributed by atoms with E-state index in [1.54, 1.807) is 24.3 Å². The lowest BCUT2D eigenvalue weighted by atomic mass is 10.0. The Kier molecular flexibility index (Phi) is 6.69. The van der Waals surface area contributed by atoms with Crippen molar-refractivity contribution in [3.05, 3.63) is 71.8 Å². The standard InChI is InChI=1S/C18H20N2O2S/c21-17(15-9-5-2-6-10-15)20-16(18(22)19-11-12-23)13-14-7-3-1-4-8-14/h1-10,16,23H,11-13H2,(H,19,22)(H,20,21). The van der Waals surface area contributed by atoms with Crippen molar-refractivity contribution in [3.63, 3.8) is 0 Å². The fourth-order valence-electron chi connectivity index (χ4n) is 2.19. The SMILES string of the molecule is O=C(NC(Cc1ccccc1)C(=O)NCCS)c1ccccc1. The first-order chi connectivity index (χ1) is 11.2. The minimum atomic E-state index is -0.620. The van der Waals surface area contributed by atoms with Crippen molar-refractivity contribution in [3.8, 4) is 0 Å². The second-order valence-corrected chi connectivity index (χ2v) is 5.54. The largest absolute Gasteiger partial charge is 0.353 e. The number of hydrogen-bond acceptors (Lipinski definition) is 3. The summed E-state index contributed by atoms with van der Waals surface area (Å²) < 4.78 is 0. The molecule has 0 bridgehead atoms. The van der Waals surface area contributed by atoms with Gasteiger partial charge in [-0.05, 0) is 17.7 Å². The van der Waals surface area contributed by atoms with Gasteiger partial charge in [0.15, 0.2) is 0 Å². The summed E-state index contributed by atoms with van der Waals surface area (Å²) >= 11 is 4.09. The first-order valence-corrected chi connectivity index (χ1v) is 8.12. The molecule has 1 unspecified atom stereocenters. The highest BCUT2D eigenvalue weighted by molar-refractivity contribution is 7.80. The van der Waals surface area contributed by atoms with Gasteiger partial charge in [-0.1, -0.05) is 48.5 Å². The molecule has 5 heteroatoms. The van der Waals surface area contributed by atoms with Crippen LogP contribution in [0.4, 0.5) is 0 Å². The van der Waals surface area contributed by atoms with Crippen LogP contribution in [0.3, 0.4) is 0 Å². The van der Waals surface area contributed by atoms with E-state index in [0.717, 1.165) is 5.56 Å². The molecular weight excluding hydrogens is 308 g/mol. The minimum absolute atomic E-state index is 0.202. The molecule has 2 aromatic rings. The molecule has 0 aliphatic heterocycles. The Bertz CT molecular complexity index is 632. The number of benzene rings is 2. The fourth-order valence-corrected chi connectivity index (χ4v) is 2.30. The zero-order chi connectivity index (χ0) is 16.5. The number of hydrogen-bond donors (Lipinski definition) is 3. The number of carbonyl (C=O) groups excluding carboxylic acids is 2. The van der Waals surface area contributed by atoms with Gasteiger partial charge in [0, 0.05) is 24.3 Å². The van der Waals surface area contributed by atoms with E-state index in [9.17, 15) is 9.59 Å². The molecule has 0 saturated heterocycles. The molecule has 2 N–H and O–H groups in total. The summed E-state index contributed by atoms with van der Waals surface area (Å²) in [4.78, 5) is 24.6. The van der Waals surface area contributed by atoms with Crippen LogP contribution in [0, 0.1) is 0 Å². The summed E-state index contributed by atoms with van der Waals surface area (Å²) in [5, 5.41) is 5.59. The van der Waals surface area contributed by atoms with Crippen molar-refractivity contribution < 1.29 is 9.59 Å². The molecular formula is C18H20N2O2S. The molecule has 0 aliphatic rings. The van der Waals surface area contributed by atoms with E-state index in [0.29, 0.717) is 24.3 Å². The van der Waals surface area contributed by atoms with E-state index in [2.05, 4.69) is 23.3 Å². The van der Waals surface area contributed by atoms with E-state index in [-0.39, 0.29) is 11.8 Å². The van der Waals surface area contributed by atoms with Crippen molar-refractivity contribution >= 4 is 24.4 Å². The van der Waals surface area contributed by atoms with Crippen LogP contribution < -0.4 is 10.6 Å². The summed E-state index contributed by atoms with van der Waals surface area (Å²) in [6.45, 7) is 0.467. The Balaban J connectivity index is 2.09. The zero-order valence-corrected chi connectivity index (χ0v) is 13.6. The smallest absolute Gasteiger partial charge is 0.251 e. The van der Waals surface area contributed by atoms with Gasteiger partial charge < -0.3 is 10.6 Å². The quantitative estimate of drug-likeness (QED) is 0.682. The molecule has 2 rings (SSSR count). The van der Waals surface area contributed by atoms with Gasteiger partial charge in [0.05, 0.1) is 0 Å². The van der Waals surface area contributed by atoms with Crippen LogP contribution in [0.1, 0.15) is 15.9 Å². The molecule has 0 aliphatic carbocycles. The highest BCUT2D eigenvalue weighted by Gasteiger charge is 2.21. The molecule has 0 spiro atoms. The van der Waals surface area contributed by atoms with Gasteiger partial charge in [0.2, 0.25) is 5.91 Å². The van der Waals surface area contributed by atoms with Gasteiger partial charge in [0.25, 0.3) is 5.91 Å². The zero-order valence-electron chi connectivity index (χ0n) is 12.7. The summed E-state index contributed by atoms with van der Waals surface area (Å²) in [7, 11) is 0. The molecule has 0 radical (unpaired) electrons. The third kappa shape index (κ3) is 5.45. The maximum Gasteiger partial charge on any atom is 0.251 e. The number of amides is 2. The van der Waals surface area contributed by atoms with Gasteiger partial charge >= 0.3 is 0 Å². The average Bonchev–Trinajstić information content (AvgIpc) is 2.60. The van der Waals surface area contributed by atoms with Crippen LogP contribution in [0.5, 0.6) is 0 Å². The van der Waals surface area contributed by atoms with Crippen LogP contribution in [0.2, 0.25) is 0 Å². The minimum Gasteiger partial charge on any atom is -0.353 e. The highest BCUT2D eigenvalue weighted by atomic mass is 32.1. The maximum absolute atomic E-state index is 12.3. The van der Waals surface area contributed by atoms with E-state index >= 15 is 0 Å². The van der Waals surface area contributed by atoms with E-state index in [1.165, 1.54) is 0 Å². The Labute approximate surface area is 141 Å². The predicted octanol–water partition coefficient (Wildman–Crippen LogP) is 2.07. The molecule has 2 amide bonds. The summed E-state index contributed by atoms with van der Waals surface area (Å²) in [5.41, 5.74) is 1.53. The molecule has 23 heavy (non-hydrogen) atoms. The van der Waals surface area contributed by atoms with Crippen LogP contribution >= 0.6 is 12.6 Å². The summed E-state index contributed by atoms with van der Waals surface area (Å²) in [5.74, 6) is 0.0934.